The molecule has 0 amide bonds. The molecule has 3 nitrogen and oxygen atoms in total. The Morgan fingerprint density at radius 2 is 2.27 bits per heavy atom. The lowest BCUT2D eigenvalue weighted by Gasteiger charge is -2.35. The molecular formula is C12H24N2O. The van der Waals surface area contributed by atoms with Crippen LogP contribution in [0.3, 0.4) is 0 Å². The van der Waals surface area contributed by atoms with Crippen LogP contribution in [0, 0.1) is 5.92 Å². The van der Waals surface area contributed by atoms with Crippen molar-refractivity contribution in [1.82, 2.24) is 10.2 Å². The first-order chi connectivity index (χ1) is 7.40. The minimum absolute atomic E-state index is 0.725. The smallest absolute Gasteiger partial charge is 0.0593 e. The molecule has 0 spiro atoms. The standard InChI is InChI=1S/C12H24N2O/c1-2-12-9-13-5-6-14(12)7-8-15-10-11-3-4-11/h11-13H,2-10H2,1H3. The van der Waals surface area contributed by atoms with Crippen molar-refractivity contribution in [2.24, 2.45) is 5.92 Å². The van der Waals surface area contributed by atoms with Gasteiger partial charge in [-0.05, 0) is 25.2 Å². The Bertz CT molecular complexity index is 182. The minimum atomic E-state index is 0.725. The van der Waals surface area contributed by atoms with Gasteiger partial charge in [0.25, 0.3) is 0 Å². The topological polar surface area (TPSA) is 24.5 Å². The molecule has 1 aliphatic heterocycles. The highest BCUT2D eigenvalue weighted by molar-refractivity contribution is 4.78. The quantitative estimate of drug-likeness (QED) is 0.667. The van der Waals surface area contributed by atoms with Gasteiger partial charge in [0.05, 0.1) is 6.61 Å². The van der Waals surface area contributed by atoms with Crippen molar-refractivity contribution < 1.29 is 4.74 Å². The Kier molecular flexibility index (Phi) is 4.42. The van der Waals surface area contributed by atoms with Gasteiger partial charge in [-0.25, -0.2) is 0 Å². The van der Waals surface area contributed by atoms with Gasteiger partial charge in [0.2, 0.25) is 0 Å². The van der Waals surface area contributed by atoms with Crippen LogP contribution in [0.4, 0.5) is 0 Å². The maximum atomic E-state index is 5.69. The molecule has 0 aromatic carbocycles. The maximum Gasteiger partial charge on any atom is 0.0593 e. The van der Waals surface area contributed by atoms with Crippen LogP contribution in [0.5, 0.6) is 0 Å². The second kappa shape index (κ2) is 5.83. The zero-order valence-electron chi connectivity index (χ0n) is 9.87. The molecule has 1 saturated heterocycles. The van der Waals surface area contributed by atoms with E-state index in [1.807, 2.05) is 0 Å². The third-order valence-electron chi connectivity index (χ3n) is 3.52. The Morgan fingerprint density at radius 3 is 3.00 bits per heavy atom. The van der Waals surface area contributed by atoms with Gasteiger partial charge in [0, 0.05) is 38.8 Å². The summed E-state index contributed by atoms with van der Waals surface area (Å²) in [6.45, 7) is 8.79. The fourth-order valence-electron chi connectivity index (χ4n) is 2.22. The Hall–Kier alpha value is -0.120. The predicted molar refractivity (Wildman–Crippen MR) is 62.1 cm³/mol. The Labute approximate surface area is 93.2 Å². The summed E-state index contributed by atoms with van der Waals surface area (Å²) in [5.74, 6) is 0.898. The van der Waals surface area contributed by atoms with Crippen molar-refractivity contribution in [2.75, 3.05) is 39.4 Å². The van der Waals surface area contributed by atoms with Crippen LogP contribution in [0.15, 0.2) is 0 Å². The number of nitrogens with zero attached hydrogens (tertiary/aromatic N) is 1. The fraction of sp³-hybridized carbons (Fsp3) is 1.00. The summed E-state index contributed by atoms with van der Waals surface area (Å²) in [4.78, 5) is 2.57. The van der Waals surface area contributed by atoms with Crippen LogP contribution < -0.4 is 5.32 Å². The van der Waals surface area contributed by atoms with Gasteiger partial charge in [-0.2, -0.15) is 0 Å². The molecule has 15 heavy (non-hydrogen) atoms. The third-order valence-corrected chi connectivity index (χ3v) is 3.52. The van der Waals surface area contributed by atoms with Gasteiger partial charge < -0.3 is 10.1 Å². The van der Waals surface area contributed by atoms with Crippen LogP contribution in [0.1, 0.15) is 26.2 Å². The van der Waals surface area contributed by atoms with Crippen molar-refractivity contribution in [2.45, 2.75) is 32.2 Å². The molecule has 0 aromatic heterocycles. The fourth-order valence-corrected chi connectivity index (χ4v) is 2.22. The molecule has 1 atom stereocenters. The van der Waals surface area contributed by atoms with Crippen molar-refractivity contribution in [3.8, 4) is 0 Å². The van der Waals surface area contributed by atoms with Crippen molar-refractivity contribution in [3.63, 3.8) is 0 Å². The van der Waals surface area contributed by atoms with E-state index in [9.17, 15) is 0 Å². The third kappa shape index (κ3) is 3.74. The first-order valence-electron chi connectivity index (χ1n) is 6.42. The molecular weight excluding hydrogens is 188 g/mol. The van der Waals surface area contributed by atoms with Crippen LogP contribution in [-0.2, 0) is 4.74 Å². The molecule has 1 saturated carbocycles. The van der Waals surface area contributed by atoms with Crippen LogP contribution >= 0.6 is 0 Å². The number of nitrogens with one attached hydrogen (secondary N) is 1. The maximum absolute atomic E-state index is 5.69. The number of hydrogen-bond donors (Lipinski definition) is 1. The van der Waals surface area contributed by atoms with E-state index in [0.29, 0.717) is 0 Å². The van der Waals surface area contributed by atoms with E-state index in [2.05, 4.69) is 17.1 Å². The molecule has 1 N–H and O–H groups in total. The van der Waals surface area contributed by atoms with E-state index < -0.39 is 0 Å². The van der Waals surface area contributed by atoms with Crippen molar-refractivity contribution in [1.29, 1.82) is 0 Å². The van der Waals surface area contributed by atoms with E-state index in [1.54, 1.807) is 0 Å². The molecule has 3 heteroatoms. The normalized spacial score (nSPS) is 28.2. The molecule has 0 bridgehead atoms. The van der Waals surface area contributed by atoms with Gasteiger partial charge in [-0.1, -0.05) is 6.92 Å². The zero-order valence-corrected chi connectivity index (χ0v) is 9.87. The number of ether oxygens (including phenoxy) is 1. The lowest BCUT2D eigenvalue weighted by molar-refractivity contribution is 0.0708. The Balaban J connectivity index is 1.58. The van der Waals surface area contributed by atoms with Gasteiger partial charge in [-0.15, -0.1) is 0 Å². The summed E-state index contributed by atoms with van der Waals surface area (Å²) in [6.07, 6.45) is 4.03. The summed E-state index contributed by atoms with van der Waals surface area (Å²) in [5, 5.41) is 3.45. The van der Waals surface area contributed by atoms with Gasteiger partial charge in [0.15, 0.2) is 0 Å². The highest BCUT2D eigenvalue weighted by Gasteiger charge is 2.22. The number of piperazine rings is 1. The van der Waals surface area contributed by atoms with Crippen LogP contribution in [-0.4, -0.2) is 50.3 Å². The van der Waals surface area contributed by atoms with Gasteiger partial charge in [0.1, 0.15) is 0 Å². The monoisotopic (exact) mass is 212 g/mol. The summed E-state index contributed by atoms with van der Waals surface area (Å²) in [6, 6.07) is 0.725. The summed E-state index contributed by atoms with van der Waals surface area (Å²) < 4.78 is 5.69. The van der Waals surface area contributed by atoms with E-state index in [1.165, 1.54) is 25.8 Å². The summed E-state index contributed by atoms with van der Waals surface area (Å²) >= 11 is 0. The average molecular weight is 212 g/mol. The summed E-state index contributed by atoms with van der Waals surface area (Å²) in [5.41, 5.74) is 0. The predicted octanol–water partition coefficient (Wildman–Crippen LogP) is 1.10. The first-order valence-corrected chi connectivity index (χ1v) is 6.42. The van der Waals surface area contributed by atoms with Gasteiger partial charge >= 0.3 is 0 Å². The highest BCUT2D eigenvalue weighted by Crippen LogP contribution is 2.28. The minimum Gasteiger partial charge on any atom is -0.380 e. The van der Waals surface area contributed by atoms with Crippen LogP contribution in [0.25, 0.3) is 0 Å². The molecule has 1 aliphatic carbocycles. The Morgan fingerprint density at radius 1 is 1.40 bits per heavy atom. The first kappa shape index (κ1) is 11.4. The largest absolute Gasteiger partial charge is 0.380 e. The molecule has 2 rings (SSSR count). The van der Waals surface area contributed by atoms with Gasteiger partial charge in [-0.3, -0.25) is 4.90 Å². The summed E-state index contributed by atoms with van der Waals surface area (Å²) in [7, 11) is 0. The van der Waals surface area contributed by atoms with E-state index in [-0.39, 0.29) is 0 Å². The molecule has 88 valence electrons. The second-order valence-electron chi connectivity index (χ2n) is 4.82. The number of hydrogen-bond acceptors (Lipinski definition) is 3. The second-order valence-corrected chi connectivity index (χ2v) is 4.82. The molecule has 0 aromatic rings. The highest BCUT2D eigenvalue weighted by atomic mass is 16.5. The lowest BCUT2D eigenvalue weighted by atomic mass is 10.1. The number of rotatable bonds is 6. The van der Waals surface area contributed by atoms with E-state index >= 15 is 0 Å². The van der Waals surface area contributed by atoms with Crippen molar-refractivity contribution in [3.05, 3.63) is 0 Å². The van der Waals surface area contributed by atoms with Crippen LogP contribution in [0.2, 0.25) is 0 Å². The van der Waals surface area contributed by atoms with Crippen molar-refractivity contribution >= 4 is 0 Å². The molecule has 2 aliphatic rings. The SMILES string of the molecule is CCC1CNCCN1CCOCC1CC1. The lowest BCUT2D eigenvalue weighted by Crippen LogP contribution is -2.51. The van der Waals surface area contributed by atoms with E-state index in [4.69, 9.17) is 4.74 Å². The molecule has 1 unspecified atom stereocenters. The zero-order chi connectivity index (χ0) is 10.5. The molecule has 0 radical (unpaired) electrons. The van der Waals surface area contributed by atoms with E-state index in [0.717, 1.165) is 44.8 Å². The average Bonchev–Trinajstić information content (AvgIpc) is 3.09. The molecule has 2 fully saturated rings. The molecule has 1 heterocycles.